The van der Waals surface area contributed by atoms with Gasteiger partial charge in [0.25, 0.3) is 5.91 Å². The molecule has 22 heavy (non-hydrogen) atoms. The Morgan fingerprint density at radius 3 is 2.68 bits per heavy atom. The van der Waals surface area contributed by atoms with Crippen molar-refractivity contribution in [1.29, 1.82) is 0 Å². The summed E-state index contributed by atoms with van der Waals surface area (Å²) >= 11 is 0. The van der Waals surface area contributed by atoms with E-state index in [1.54, 1.807) is 18.9 Å². The van der Waals surface area contributed by atoms with Gasteiger partial charge < -0.3 is 20.3 Å². The fourth-order valence-electron chi connectivity index (χ4n) is 2.23. The maximum atomic E-state index is 11.9. The summed E-state index contributed by atoms with van der Waals surface area (Å²) in [6.45, 7) is 7.88. The average molecular weight is 305 g/mol. The average Bonchev–Trinajstić information content (AvgIpc) is 2.41. The third kappa shape index (κ3) is 3.69. The van der Waals surface area contributed by atoms with E-state index < -0.39 is 6.10 Å². The lowest BCUT2D eigenvalue weighted by Crippen LogP contribution is -2.46. The van der Waals surface area contributed by atoms with Crippen LogP contribution in [0.15, 0.2) is 18.2 Å². The number of carbonyl (C=O) groups is 2. The molecule has 2 N–H and O–H groups in total. The normalized spacial score (nSPS) is 17.6. The highest BCUT2D eigenvalue weighted by Gasteiger charge is 2.28. The van der Waals surface area contributed by atoms with Crippen molar-refractivity contribution in [2.24, 2.45) is 0 Å². The van der Waals surface area contributed by atoms with E-state index in [1.807, 2.05) is 39.0 Å². The van der Waals surface area contributed by atoms with Crippen molar-refractivity contribution in [2.75, 3.05) is 11.9 Å². The summed E-state index contributed by atoms with van der Waals surface area (Å²) in [6.07, 6.45) is -0.473. The van der Waals surface area contributed by atoms with Gasteiger partial charge in [-0.25, -0.2) is 4.79 Å². The lowest BCUT2D eigenvalue weighted by molar-refractivity contribution is -0.125. The first-order valence-corrected chi connectivity index (χ1v) is 7.30. The third-order valence-electron chi connectivity index (χ3n) is 3.31. The Morgan fingerprint density at radius 2 is 2.05 bits per heavy atom. The van der Waals surface area contributed by atoms with Crippen LogP contribution >= 0.6 is 0 Å². The Hall–Kier alpha value is -2.24. The van der Waals surface area contributed by atoms with Crippen LogP contribution in [0.1, 0.15) is 33.3 Å². The van der Waals surface area contributed by atoms with Crippen molar-refractivity contribution < 1.29 is 14.3 Å². The lowest BCUT2D eigenvalue weighted by atomic mass is 10.1. The molecule has 0 spiro atoms. The molecule has 0 radical (unpaired) electrons. The van der Waals surface area contributed by atoms with Gasteiger partial charge in [0, 0.05) is 19.1 Å². The molecule has 0 saturated heterocycles. The van der Waals surface area contributed by atoms with Crippen LogP contribution in [0.25, 0.3) is 0 Å². The second-order valence-corrected chi connectivity index (χ2v) is 6.52. The van der Waals surface area contributed by atoms with Gasteiger partial charge in [-0.05, 0) is 45.4 Å². The van der Waals surface area contributed by atoms with Crippen molar-refractivity contribution in [3.8, 4) is 5.75 Å². The van der Waals surface area contributed by atoms with Gasteiger partial charge in [-0.2, -0.15) is 0 Å². The highest BCUT2D eigenvalue weighted by atomic mass is 16.5. The van der Waals surface area contributed by atoms with Crippen molar-refractivity contribution in [3.63, 3.8) is 0 Å². The first-order chi connectivity index (χ1) is 10.2. The van der Waals surface area contributed by atoms with E-state index in [0.717, 1.165) is 11.3 Å². The van der Waals surface area contributed by atoms with E-state index in [2.05, 4.69) is 10.6 Å². The van der Waals surface area contributed by atoms with Crippen LogP contribution in [0.3, 0.4) is 0 Å². The number of rotatable bonds is 2. The van der Waals surface area contributed by atoms with Gasteiger partial charge in [0.15, 0.2) is 6.10 Å². The molecule has 0 fully saturated rings. The minimum atomic E-state index is -0.473. The number of urea groups is 1. The van der Waals surface area contributed by atoms with Crippen LogP contribution in [0, 0.1) is 0 Å². The molecule has 1 aliphatic rings. The van der Waals surface area contributed by atoms with Crippen molar-refractivity contribution >= 4 is 17.6 Å². The highest BCUT2D eigenvalue weighted by Crippen LogP contribution is 2.33. The zero-order valence-corrected chi connectivity index (χ0v) is 13.7. The number of carbonyl (C=O) groups excluding carboxylic acids is 2. The molecule has 120 valence electrons. The summed E-state index contributed by atoms with van der Waals surface area (Å²) in [5, 5.41) is 5.64. The zero-order valence-electron chi connectivity index (χ0n) is 13.7. The van der Waals surface area contributed by atoms with Gasteiger partial charge in [0.2, 0.25) is 0 Å². The quantitative estimate of drug-likeness (QED) is 0.878. The summed E-state index contributed by atoms with van der Waals surface area (Å²) in [4.78, 5) is 25.3. The molecule has 0 bridgehead atoms. The molecule has 1 unspecified atom stereocenters. The van der Waals surface area contributed by atoms with Crippen LogP contribution in [-0.2, 0) is 11.3 Å². The van der Waals surface area contributed by atoms with Gasteiger partial charge in [-0.3, -0.25) is 4.79 Å². The number of anilines is 1. The van der Waals surface area contributed by atoms with Crippen molar-refractivity contribution in [3.05, 3.63) is 23.8 Å². The molecular weight excluding hydrogens is 282 g/mol. The van der Waals surface area contributed by atoms with Crippen molar-refractivity contribution in [1.82, 2.24) is 10.6 Å². The van der Waals surface area contributed by atoms with Gasteiger partial charge >= 0.3 is 6.03 Å². The molecule has 1 aliphatic heterocycles. The Bertz CT molecular complexity index is 593. The summed E-state index contributed by atoms with van der Waals surface area (Å²) in [5.74, 6) is 0.598. The minimum Gasteiger partial charge on any atom is -0.479 e. The number of nitrogens with one attached hydrogen (secondary N) is 2. The number of hydrogen-bond acceptors (Lipinski definition) is 3. The first-order valence-electron chi connectivity index (χ1n) is 7.30. The number of fused-ring (bicyclic) bond motifs is 1. The second-order valence-electron chi connectivity index (χ2n) is 6.52. The molecule has 3 amide bonds. The highest BCUT2D eigenvalue weighted by molar-refractivity contribution is 5.99. The van der Waals surface area contributed by atoms with E-state index >= 15 is 0 Å². The molecule has 0 aromatic heterocycles. The third-order valence-corrected chi connectivity index (χ3v) is 3.31. The van der Waals surface area contributed by atoms with Crippen LogP contribution < -0.4 is 20.3 Å². The smallest absolute Gasteiger partial charge is 0.315 e. The molecule has 1 atom stereocenters. The fraction of sp³-hybridized carbons (Fsp3) is 0.500. The number of ether oxygens (including phenoxy) is 1. The Morgan fingerprint density at radius 1 is 1.36 bits per heavy atom. The summed E-state index contributed by atoms with van der Waals surface area (Å²) in [7, 11) is 1.73. The predicted molar refractivity (Wildman–Crippen MR) is 85.1 cm³/mol. The molecule has 1 aromatic rings. The fourth-order valence-corrected chi connectivity index (χ4v) is 2.23. The van der Waals surface area contributed by atoms with Crippen LogP contribution in [-0.4, -0.2) is 30.6 Å². The molecule has 0 saturated carbocycles. The number of benzene rings is 1. The minimum absolute atomic E-state index is 0.0805. The summed E-state index contributed by atoms with van der Waals surface area (Å²) in [6, 6.07) is 5.34. The van der Waals surface area contributed by atoms with Gasteiger partial charge in [-0.1, -0.05) is 6.07 Å². The summed E-state index contributed by atoms with van der Waals surface area (Å²) in [5.41, 5.74) is 1.34. The molecule has 6 nitrogen and oxygen atoms in total. The maximum absolute atomic E-state index is 11.9. The predicted octanol–water partition coefficient (Wildman–Crippen LogP) is 2.03. The topological polar surface area (TPSA) is 70.7 Å². The van der Waals surface area contributed by atoms with Crippen molar-refractivity contribution in [2.45, 2.75) is 45.9 Å². The van der Waals surface area contributed by atoms with E-state index in [1.165, 1.54) is 0 Å². The SMILES string of the molecule is CC1Oc2ccc(CNC(=O)NC(C)(C)C)cc2N(C)C1=O. The van der Waals surface area contributed by atoms with E-state index in [0.29, 0.717) is 12.3 Å². The maximum Gasteiger partial charge on any atom is 0.315 e. The second kappa shape index (κ2) is 5.87. The Kier molecular flexibility index (Phi) is 4.30. The molecule has 2 rings (SSSR count). The Labute approximate surface area is 130 Å². The largest absolute Gasteiger partial charge is 0.479 e. The van der Waals surface area contributed by atoms with Gasteiger partial charge in [0.1, 0.15) is 5.75 Å². The molecule has 1 aromatic carbocycles. The monoisotopic (exact) mass is 305 g/mol. The van der Waals surface area contributed by atoms with E-state index in [-0.39, 0.29) is 17.5 Å². The van der Waals surface area contributed by atoms with Crippen LogP contribution in [0.4, 0.5) is 10.5 Å². The van der Waals surface area contributed by atoms with Crippen LogP contribution in [0.5, 0.6) is 5.75 Å². The lowest BCUT2D eigenvalue weighted by Gasteiger charge is -2.30. The Balaban J connectivity index is 2.06. The molecule has 1 heterocycles. The van der Waals surface area contributed by atoms with Gasteiger partial charge in [-0.15, -0.1) is 0 Å². The number of hydrogen-bond donors (Lipinski definition) is 2. The number of nitrogens with zero attached hydrogens (tertiary/aromatic N) is 1. The van der Waals surface area contributed by atoms with E-state index in [4.69, 9.17) is 4.74 Å². The molecule has 0 aliphatic carbocycles. The first kappa shape index (κ1) is 16.1. The van der Waals surface area contributed by atoms with E-state index in [9.17, 15) is 9.59 Å². The number of likely N-dealkylation sites (N-methyl/N-ethyl adjacent to an activating group) is 1. The van der Waals surface area contributed by atoms with Crippen LogP contribution in [0.2, 0.25) is 0 Å². The van der Waals surface area contributed by atoms with Gasteiger partial charge in [0.05, 0.1) is 5.69 Å². The number of amides is 3. The molecule has 6 heteroatoms. The molecular formula is C16H23N3O3. The zero-order chi connectivity index (χ0) is 16.5. The summed E-state index contributed by atoms with van der Waals surface area (Å²) < 4.78 is 5.57. The standard InChI is InChI=1S/C16H23N3O3/c1-10-14(20)19(5)12-8-11(6-7-13(12)22-10)9-17-15(21)18-16(2,3)4/h6-8,10H,9H2,1-5H3,(H2,17,18,21).